The highest BCUT2D eigenvalue weighted by Gasteiger charge is 2.29. The number of methoxy groups -OCH3 is 1. The van der Waals surface area contributed by atoms with Gasteiger partial charge in [0.05, 0.1) is 16.8 Å². The molecule has 2 unspecified atom stereocenters. The van der Waals surface area contributed by atoms with Crippen molar-refractivity contribution < 1.29 is 17.9 Å². The maximum Gasteiger partial charge on any atom is 0.244 e. The Bertz CT molecular complexity index is 1250. The molecule has 2 heterocycles. The topological polar surface area (TPSA) is 109 Å². The molecule has 10 nitrogen and oxygen atoms in total. The van der Waals surface area contributed by atoms with Gasteiger partial charge in [0.15, 0.2) is 6.29 Å². The van der Waals surface area contributed by atoms with E-state index < -0.39 is 10.0 Å². The number of morpholine rings is 1. The van der Waals surface area contributed by atoms with Crippen LogP contribution in [0.15, 0.2) is 70.2 Å². The summed E-state index contributed by atoms with van der Waals surface area (Å²) < 4.78 is 38.5. The van der Waals surface area contributed by atoms with Crippen LogP contribution in [0.1, 0.15) is 0 Å². The monoisotopic (exact) mass is 562 g/mol. The molecule has 186 valence electrons. The molecule has 0 radical (unpaired) electrons. The molecule has 2 atom stereocenters. The molecule has 2 aromatic carbocycles. The van der Waals surface area contributed by atoms with E-state index >= 15 is 0 Å². The van der Waals surface area contributed by atoms with Crippen molar-refractivity contribution in [3.63, 3.8) is 0 Å². The predicted molar refractivity (Wildman–Crippen MR) is 137 cm³/mol. The van der Waals surface area contributed by atoms with Gasteiger partial charge in [0.1, 0.15) is 16.9 Å². The molecule has 1 saturated heterocycles. The molecular formula is C23H27BrN6O4S. The summed E-state index contributed by atoms with van der Waals surface area (Å²) in [6.07, 6.45) is 1.05. The number of halogens is 1. The first-order valence-electron chi connectivity index (χ1n) is 10.8. The number of hydrogen-bond donors (Lipinski definition) is 2. The SMILES string of the molecule is COC1CNC(N(c2ccccc2)c2ncc(Br)c(Nc3ccccc3S(=O)(=O)N(C)C)n2)CO1. The van der Waals surface area contributed by atoms with Gasteiger partial charge in [-0.05, 0) is 40.2 Å². The summed E-state index contributed by atoms with van der Waals surface area (Å²) in [6.45, 7) is 0.849. The molecule has 1 aromatic heterocycles. The molecule has 0 spiro atoms. The Labute approximate surface area is 213 Å². The summed E-state index contributed by atoms with van der Waals surface area (Å²) in [4.78, 5) is 11.4. The minimum Gasteiger partial charge on any atom is -0.355 e. The van der Waals surface area contributed by atoms with Gasteiger partial charge in [-0.15, -0.1) is 0 Å². The Morgan fingerprint density at radius 2 is 1.86 bits per heavy atom. The Morgan fingerprint density at radius 3 is 2.51 bits per heavy atom. The van der Waals surface area contributed by atoms with Crippen LogP contribution in [-0.4, -0.2) is 69.5 Å². The number of ether oxygens (including phenoxy) is 2. The maximum atomic E-state index is 12.8. The zero-order valence-corrected chi connectivity index (χ0v) is 22.0. The highest BCUT2D eigenvalue weighted by atomic mass is 79.9. The molecule has 0 bridgehead atoms. The third kappa shape index (κ3) is 5.63. The quantitative estimate of drug-likeness (QED) is 0.427. The summed E-state index contributed by atoms with van der Waals surface area (Å²) >= 11 is 3.49. The average Bonchev–Trinajstić information content (AvgIpc) is 2.87. The Morgan fingerprint density at radius 1 is 1.14 bits per heavy atom. The molecule has 2 N–H and O–H groups in total. The van der Waals surface area contributed by atoms with E-state index in [0.29, 0.717) is 35.1 Å². The molecule has 0 aliphatic carbocycles. The van der Waals surface area contributed by atoms with Crippen molar-refractivity contribution in [2.75, 3.05) is 44.6 Å². The van der Waals surface area contributed by atoms with Crippen molar-refractivity contribution in [3.05, 3.63) is 65.3 Å². The summed E-state index contributed by atoms with van der Waals surface area (Å²) in [6, 6.07) is 16.4. The van der Waals surface area contributed by atoms with Crippen LogP contribution in [0.5, 0.6) is 0 Å². The summed E-state index contributed by atoms with van der Waals surface area (Å²) in [5.74, 6) is 0.829. The van der Waals surface area contributed by atoms with Gasteiger partial charge in [-0.25, -0.2) is 17.7 Å². The smallest absolute Gasteiger partial charge is 0.244 e. The lowest BCUT2D eigenvalue weighted by Crippen LogP contribution is -2.55. The number of anilines is 4. The first-order valence-corrected chi connectivity index (χ1v) is 13.1. The van der Waals surface area contributed by atoms with Gasteiger partial charge < -0.3 is 14.8 Å². The van der Waals surface area contributed by atoms with Gasteiger partial charge in [0.2, 0.25) is 16.0 Å². The largest absolute Gasteiger partial charge is 0.355 e. The fraction of sp³-hybridized carbons (Fsp3) is 0.304. The van der Waals surface area contributed by atoms with Crippen LogP contribution >= 0.6 is 15.9 Å². The van der Waals surface area contributed by atoms with E-state index in [1.54, 1.807) is 37.6 Å². The lowest BCUT2D eigenvalue weighted by molar-refractivity contribution is -0.145. The van der Waals surface area contributed by atoms with Crippen LogP contribution in [0.25, 0.3) is 0 Å². The first kappa shape index (κ1) is 25.5. The van der Waals surface area contributed by atoms with Crippen molar-refractivity contribution in [2.45, 2.75) is 17.4 Å². The second-order valence-electron chi connectivity index (χ2n) is 7.90. The first-order chi connectivity index (χ1) is 16.8. The number of aromatic nitrogens is 2. The number of nitrogens with zero attached hydrogens (tertiary/aromatic N) is 4. The van der Waals surface area contributed by atoms with Gasteiger partial charge in [0.25, 0.3) is 0 Å². The maximum absolute atomic E-state index is 12.8. The molecule has 12 heteroatoms. The number of rotatable bonds is 8. The van der Waals surface area contributed by atoms with E-state index in [1.165, 1.54) is 18.4 Å². The fourth-order valence-electron chi connectivity index (χ4n) is 3.57. The minimum atomic E-state index is -3.67. The number of benzene rings is 2. The fourth-order valence-corrected chi connectivity index (χ4v) is 4.90. The van der Waals surface area contributed by atoms with Crippen LogP contribution in [0.2, 0.25) is 0 Å². The molecule has 35 heavy (non-hydrogen) atoms. The van der Waals surface area contributed by atoms with Crippen LogP contribution in [0.4, 0.5) is 23.1 Å². The van der Waals surface area contributed by atoms with Gasteiger partial charge in [0, 0.05) is 39.6 Å². The van der Waals surface area contributed by atoms with E-state index in [2.05, 4.69) is 31.5 Å². The summed E-state index contributed by atoms with van der Waals surface area (Å²) in [5, 5.41) is 6.59. The lowest BCUT2D eigenvalue weighted by atomic mass is 10.2. The van der Waals surface area contributed by atoms with E-state index in [1.807, 2.05) is 35.2 Å². The zero-order valence-electron chi connectivity index (χ0n) is 19.6. The molecule has 1 aliphatic rings. The van der Waals surface area contributed by atoms with Crippen molar-refractivity contribution in [2.24, 2.45) is 0 Å². The summed E-state index contributed by atoms with van der Waals surface area (Å²) in [5.41, 5.74) is 1.27. The van der Waals surface area contributed by atoms with Gasteiger partial charge in [-0.2, -0.15) is 4.98 Å². The third-order valence-corrected chi connectivity index (χ3v) is 7.87. The van der Waals surface area contributed by atoms with Crippen molar-refractivity contribution in [3.8, 4) is 0 Å². The molecule has 0 amide bonds. The van der Waals surface area contributed by atoms with Crippen LogP contribution < -0.4 is 15.5 Å². The predicted octanol–water partition coefficient (Wildman–Crippen LogP) is 3.29. The molecule has 1 aliphatic heterocycles. The Hall–Kier alpha value is -2.61. The number of hydrogen-bond acceptors (Lipinski definition) is 9. The highest BCUT2D eigenvalue weighted by molar-refractivity contribution is 9.10. The number of para-hydroxylation sites is 2. The van der Waals surface area contributed by atoms with Crippen molar-refractivity contribution in [1.82, 2.24) is 19.6 Å². The van der Waals surface area contributed by atoms with E-state index in [4.69, 9.17) is 14.5 Å². The van der Waals surface area contributed by atoms with Gasteiger partial charge in [-0.1, -0.05) is 30.3 Å². The molecule has 1 fully saturated rings. The third-order valence-electron chi connectivity index (χ3n) is 5.41. The normalized spacial score (nSPS) is 18.4. The van der Waals surface area contributed by atoms with E-state index in [9.17, 15) is 8.42 Å². The zero-order chi connectivity index (χ0) is 25.0. The standard InChI is InChI=1S/C23H27BrN6O4S/c1-29(2)35(31,32)19-12-8-7-11-18(19)27-22-17(24)13-26-23(28-22)30(16-9-5-4-6-10-16)20-15-34-21(33-3)14-25-20/h4-13,20-21,25H,14-15H2,1-3H3,(H,26,27,28). The Kier molecular flexibility index (Phi) is 7.99. The number of sulfonamides is 1. The second-order valence-corrected chi connectivity index (χ2v) is 10.9. The molecule has 4 rings (SSSR count). The number of nitrogens with one attached hydrogen (secondary N) is 2. The van der Waals surface area contributed by atoms with Crippen LogP contribution in [0.3, 0.4) is 0 Å². The van der Waals surface area contributed by atoms with Crippen molar-refractivity contribution >= 4 is 49.1 Å². The highest BCUT2D eigenvalue weighted by Crippen LogP contribution is 2.32. The van der Waals surface area contributed by atoms with Crippen molar-refractivity contribution in [1.29, 1.82) is 0 Å². The van der Waals surface area contributed by atoms with E-state index in [-0.39, 0.29) is 17.4 Å². The summed E-state index contributed by atoms with van der Waals surface area (Å²) in [7, 11) is 0.923. The van der Waals surface area contributed by atoms with Gasteiger partial charge >= 0.3 is 0 Å². The molecular weight excluding hydrogens is 536 g/mol. The van der Waals surface area contributed by atoms with Gasteiger partial charge in [-0.3, -0.25) is 10.2 Å². The molecule has 0 saturated carbocycles. The van der Waals surface area contributed by atoms with Crippen LogP contribution in [-0.2, 0) is 19.5 Å². The average molecular weight is 563 g/mol. The van der Waals surface area contributed by atoms with Crippen LogP contribution in [0, 0.1) is 0 Å². The Balaban J connectivity index is 1.71. The second kappa shape index (κ2) is 11.0. The van der Waals surface area contributed by atoms with E-state index in [0.717, 1.165) is 5.69 Å². The molecule has 3 aromatic rings. The lowest BCUT2D eigenvalue weighted by Gasteiger charge is -2.37. The minimum absolute atomic E-state index is 0.143.